The summed E-state index contributed by atoms with van der Waals surface area (Å²) in [5.74, 6) is 0. The predicted molar refractivity (Wildman–Crippen MR) is 92.5 cm³/mol. The maximum Gasteiger partial charge on any atom is 0.0721 e. The highest BCUT2D eigenvalue weighted by Gasteiger charge is 2.02. The van der Waals surface area contributed by atoms with E-state index in [-0.39, 0.29) is 6.04 Å². The van der Waals surface area contributed by atoms with E-state index >= 15 is 0 Å². The molecule has 0 amide bonds. The molecular formula is C19H24N2. The molecule has 2 aromatic rings. The molecule has 0 unspecified atom stereocenters. The molecule has 21 heavy (non-hydrogen) atoms. The molecule has 2 heteroatoms. The van der Waals surface area contributed by atoms with Crippen molar-refractivity contribution >= 4 is 11.9 Å². The summed E-state index contributed by atoms with van der Waals surface area (Å²) in [5, 5.41) is 0. The van der Waals surface area contributed by atoms with Crippen LogP contribution < -0.4 is 4.90 Å². The summed E-state index contributed by atoms with van der Waals surface area (Å²) in [7, 11) is 0. The molecule has 2 rings (SSSR count). The number of rotatable bonds is 6. The Bertz CT molecular complexity index is 554. The van der Waals surface area contributed by atoms with Crippen LogP contribution in [0.25, 0.3) is 0 Å². The maximum absolute atomic E-state index is 4.64. The zero-order valence-corrected chi connectivity index (χ0v) is 13.2. The van der Waals surface area contributed by atoms with Crippen LogP contribution in [0.5, 0.6) is 0 Å². The van der Waals surface area contributed by atoms with Crippen LogP contribution in [-0.4, -0.2) is 19.3 Å². The van der Waals surface area contributed by atoms with E-state index in [9.17, 15) is 0 Å². The smallest absolute Gasteiger partial charge is 0.0721 e. The molecule has 0 aliphatic rings. The Kier molecular flexibility index (Phi) is 5.56. The minimum Gasteiger partial charge on any atom is -0.372 e. The normalized spacial score (nSPS) is 12.5. The highest BCUT2D eigenvalue weighted by molar-refractivity contribution is 5.80. The van der Waals surface area contributed by atoms with Crippen molar-refractivity contribution in [3.63, 3.8) is 0 Å². The molecule has 0 fully saturated rings. The van der Waals surface area contributed by atoms with Crippen molar-refractivity contribution in [2.75, 3.05) is 18.0 Å². The van der Waals surface area contributed by atoms with Gasteiger partial charge >= 0.3 is 0 Å². The topological polar surface area (TPSA) is 15.6 Å². The van der Waals surface area contributed by atoms with Crippen molar-refractivity contribution in [2.24, 2.45) is 4.99 Å². The second kappa shape index (κ2) is 7.63. The molecule has 1 atom stereocenters. The van der Waals surface area contributed by atoms with Crippen LogP contribution in [0.1, 0.15) is 37.9 Å². The van der Waals surface area contributed by atoms with Gasteiger partial charge in [-0.1, -0.05) is 42.5 Å². The van der Waals surface area contributed by atoms with Gasteiger partial charge in [0.15, 0.2) is 0 Å². The minimum atomic E-state index is 0.189. The Morgan fingerprint density at radius 3 is 2.14 bits per heavy atom. The Labute approximate surface area is 128 Å². The quantitative estimate of drug-likeness (QED) is 0.699. The Hall–Kier alpha value is -2.09. The summed E-state index contributed by atoms with van der Waals surface area (Å²) < 4.78 is 0. The third-order valence-corrected chi connectivity index (χ3v) is 3.75. The van der Waals surface area contributed by atoms with Crippen molar-refractivity contribution in [3.05, 3.63) is 65.7 Å². The Balaban J connectivity index is 2.04. The van der Waals surface area contributed by atoms with Crippen molar-refractivity contribution in [1.29, 1.82) is 0 Å². The van der Waals surface area contributed by atoms with Gasteiger partial charge in [-0.3, -0.25) is 4.99 Å². The molecule has 0 aromatic heterocycles. The van der Waals surface area contributed by atoms with Gasteiger partial charge in [-0.05, 0) is 44.0 Å². The van der Waals surface area contributed by atoms with Gasteiger partial charge in [0, 0.05) is 25.0 Å². The third kappa shape index (κ3) is 4.19. The van der Waals surface area contributed by atoms with Crippen LogP contribution in [0.3, 0.4) is 0 Å². The van der Waals surface area contributed by atoms with Gasteiger partial charge in [0.2, 0.25) is 0 Å². The molecular weight excluding hydrogens is 256 g/mol. The number of benzene rings is 2. The van der Waals surface area contributed by atoms with Crippen LogP contribution >= 0.6 is 0 Å². The average molecular weight is 280 g/mol. The predicted octanol–water partition coefficient (Wildman–Crippen LogP) is 4.71. The average Bonchev–Trinajstić information content (AvgIpc) is 2.55. The summed E-state index contributed by atoms with van der Waals surface area (Å²) in [5.41, 5.74) is 3.66. The lowest BCUT2D eigenvalue weighted by atomic mass is 10.1. The van der Waals surface area contributed by atoms with Crippen LogP contribution in [0.4, 0.5) is 5.69 Å². The number of anilines is 1. The first kappa shape index (κ1) is 15.3. The lowest BCUT2D eigenvalue weighted by Gasteiger charge is -2.20. The van der Waals surface area contributed by atoms with E-state index in [1.165, 1.54) is 11.3 Å². The minimum absolute atomic E-state index is 0.189. The summed E-state index contributed by atoms with van der Waals surface area (Å²) in [6.07, 6.45) is 1.96. The molecule has 0 saturated carbocycles. The zero-order chi connectivity index (χ0) is 15.1. The Morgan fingerprint density at radius 2 is 1.57 bits per heavy atom. The van der Waals surface area contributed by atoms with Crippen LogP contribution in [-0.2, 0) is 0 Å². The van der Waals surface area contributed by atoms with Crippen LogP contribution in [0.2, 0.25) is 0 Å². The monoisotopic (exact) mass is 280 g/mol. The molecule has 0 aliphatic carbocycles. The first-order valence-corrected chi connectivity index (χ1v) is 7.67. The largest absolute Gasteiger partial charge is 0.372 e. The molecule has 0 spiro atoms. The van der Waals surface area contributed by atoms with E-state index in [1.54, 1.807) is 0 Å². The maximum atomic E-state index is 4.64. The van der Waals surface area contributed by atoms with E-state index in [4.69, 9.17) is 0 Å². The molecule has 2 aromatic carbocycles. The van der Waals surface area contributed by atoms with Gasteiger partial charge in [-0.2, -0.15) is 0 Å². The van der Waals surface area contributed by atoms with Gasteiger partial charge in [0.1, 0.15) is 0 Å². The molecule has 0 N–H and O–H groups in total. The fourth-order valence-corrected chi connectivity index (χ4v) is 2.38. The highest BCUT2D eigenvalue weighted by Crippen LogP contribution is 2.17. The lowest BCUT2D eigenvalue weighted by Crippen LogP contribution is -2.21. The van der Waals surface area contributed by atoms with E-state index in [2.05, 4.69) is 79.2 Å². The summed E-state index contributed by atoms with van der Waals surface area (Å²) in [6.45, 7) is 8.56. The first-order chi connectivity index (χ1) is 10.2. The fraction of sp³-hybridized carbons (Fsp3) is 0.316. The summed E-state index contributed by atoms with van der Waals surface area (Å²) in [6, 6.07) is 19.2. The van der Waals surface area contributed by atoms with Gasteiger partial charge in [0.05, 0.1) is 6.04 Å². The van der Waals surface area contributed by atoms with Gasteiger partial charge < -0.3 is 4.90 Å². The van der Waals surface area contributed by atoms with Crippen LogP contribution in [0, 0.1) is 0 Å². The number of hydrogen-bond donors (Lipinski definition) is 0. The van der Waals surface area contributed by atoms with Gasteiger partial charge in [-0.25, -0.2) is 0 Å². The summed E-state index contributed by atoms with van der Waals surface area (Å²) >= 11 is 0. The Morgan fingerprint density at radius 1 is 0.952 bits per heavy atom. The van der Waals surface area contributed by atoms with Crippen molar-refractivity contribution in [2.45, 2.75) is 26.8 Å². The van der Waals surface area contributed by atoms with E-state index in [1.807, 2.05) is 12.3 Å². The van der Waals surface area contributed by atoms with Gasteiger partial charge in [0.25, 0.3) is 0 Å². The number of hydrogen-bond acceptors (Lipinski definition) is 2. The van der Waals surface area contributed by atoms with E-state index < -0.39 is 0 Å². The van der Waals surface area contributed by atoms with Gasteiger partial charge in [-0.15, -0.1) is 0 Å². The van der Waals surface area contributed by atoms with Crippen molar-refractivity contribution in [1.82, 2.24) is 0 Å². The summed E-state index contributed by atoms with van der Waals surface area (Å²) in [4.78, 5) is 6.98. The molecule has 0 heterocycles. The number of aliphatic imine (C=N–C) groups is 1. The SMILES string of the molecule is CCN(CC)c1ccc(/C=N/[C@H](C)c2ccccc2)cc1. The lowest BCUT2D eigenvalue weighted by molar-refractivity contribution is 0.825. The van der Waals surface area contributed by atoms with E-state index in [0.29, 0.717) is 0 Å². The standard InChI is InChI=1S/C19H24N2/c1-4-21(5-2)19-13-11-17(12-14-19)15-20-16(3)18-9-7-6-8-10-18/h6-16H,4-5H2,1-3H3/b20-15+/t16-/m1/s1. The highest BCUT2D eigenvalue weighted by atomic mass is 15.1. The number of nitrogens with zero attached hydrogens (tertiary/aromatic N) is 2. The fourth-order valence-electron chi connectivity index (χ4n) is 2.38. The molecule has 0 aliphatic heterocycles. The van der Waals surface area contributed by atoms with Crippen molar-refractivity contribution < 1.29 is 0 Å². The molecule has 0 bridgehead atoms. The van der Waals surface area contributed by atoms with E-state index in [0.717, 1.165) is 18.7 Å². The second-order valence-electron chi connectivity index (χ2n) is 5.13. The molecule has 2 nitrogen and oxygen atoms in total. The van der Waals surface area contributed by atoms with Crippen molar-refractivity contribution in [3.8, 4) is 0 Å². The molecule has 0 radical (unpaired) electrons. The molecule has 110 valence electrons. The zero-order valence-electron chi connectivity index (χ0n) is 13.2. The molecule has 0 saturated heterocycles. The van der Waals surface area contributed by atoms with Crippen LogP contribution in [0.15, 0.2) is 59.6 Å². The third-order valence-electron chi connectivity index (χ3n) is 3.75. The second-order valence-corrected chi connectivity index (χ2v) is 5.13. The first-order valence-electron chi connectivity index (χ1n) is 7.67.